The summed E-state index contributed by atoms with van der Waals surface area (Å²) in [6, 6.07) is 13.0. The number of benzene rings is 1. The molecule has 2 heterocycles. The SMILES string of the molecule is CN=C(NCc1ccco1)NC1CCN(c2ccc(C)cc2)C1.I. The van der Waals surface area contributed by atoms with E-state index in [1.807, 2.05) is 12.1 Å². The smallest absolute Gasteiger partial charge is 0.191 e. The fraction of sp³-hybridized carbons (Fsp3) is 0.389. The summed E-state index contributed by atoms with van der Waals surface area (Å²) >= 11 is 0. The van der Waals surface area contributed by atoms with Gasteiger partial charge < -0.3 is 20.0 Å². The number of hydrogen-bond acceptors (Lipinski definition) is 3. The molecule has 130 valence electrons. The van der Waals surface area contributed by atoms with Crippen LogP contribution >= 0.6 is 24.0 Å². The minimum absolute atomic E-state index is 0. The second-order valence-corrected chi connectivity index (χ2v) is 5.92. The lowest BCUT2D eigenvalue weighted by molar-refractivity contribution is 0.500. The Bertz CT molecular complexity index is 640. The average molecular weight is 440 g/mol. The molecule has 0 spiro atoms. The van der Waals surface area contributed by atoms with E-state index in [1.165, 1.54) is 11.3 Å². The van der Waals surface area contributed by atoms with E-state index in [-0.39, 0.29) is 24.0 Å². The van der Waals surface area contributed by atoms with Crippen LogP contribution in [0.5, 0.6) is 0 Å². The third kappa shape index (κ3) is 4.90. The predicted molar refractivity (Wildman–Crippen MR) is 109 cm³/mol. The number of aliphatic imine (C=N–C) groups is 1. The number of nitrogens with one attached hydrogen (secondary N) is 2. The van der Waals surface area contributed by atoms with Crippen LogP contribution in [0.25, 0.3) is 0 Å². The van der Waals surface area contributed by atoms with Gasteiger partial charge in [0.15, 0.2) is 5.96 Å². The van der Waals surface area contributed by atoms with Gasteiger partial charge in [0.05, 0.1) is 12.8 Å². The third-order valence-electron chi connectivity index (χ3n) is 4.16. The molecule has 2 aromatic rings. The van der Waals surface area contributed by atoms with Crippen LogP contribution in [0.15, 0.2) is 52.1 Å². The molecule has 0 radical (unpaired) electrons. The Kier molecular flexibility index (Phi) is 6.96. The van der Waals surface area contributed by atoms with E-state index in [0.717, 1.165) is 31.2 Å². The van der Waals surface area contributed by atoms with Crippen LogP contribution < -0.4 is 15.5 Å². The maximum absolute atomic E-state index is 5.33. The van der Waals surface area contributed by atoms with Crippen molar-refractivity contribution in [1.29, 1.82) is 0 Å². The van der Waals surface area contributed by atoms with E-state index in [4.69, 9.17) is 4.42 Å². The minimum atomic E-state index is 0. The van der Waals surface area contributed by atoms with Gasteiger partial charge in [-0.3, -0.25) is 4.99 Å². The number of guanidine groups is 1. The van der Waals surface area contributed by atoms with E-state index >= 15 is 0 Å². The summed E-state index contributed by atoms with van der Waals surface area (Å²) in [6.45, 7) is 4.81. The summed E-state index contributed by atoms with van der Waals surface area (Å²) in [6.07, 6.45) is 2.79. The number of anilines is 1. The molecule has 6 heteroatoms. The van der Waals surface area contributed by atoms with Crippen molar-refractivity contribution < 1.29 is 4.42 Å². The minimum Gasteiger partial charge on any atom is -0.467 e. The molecule has 0 saturated carbocycles. The summed E-state index contributed by atoms with van der Waals surface area (Å²) in [5.74, 6) is 1.72. The molecule has 1 unspecified atom stereocenters. The van der Waals surface area contributed by atoms with Crippen molar-refractivity contribution >= 4 is 35.6 Å². The molecular weight excluding hydrogens is 415 g/mol. The Hall–Kier alpha value is -1.70. The summed E-state index contributed by atoms with van der Waals surface area (Å²) in [7, 11) is 1.80. The second-order valence-electron chi connectivity index (χ2n) is 5.92. The highest BCUT2D eigenvalue weighted by atomic mass is 127. The largest absolute Gasteiger partial charge is 0.467 e. The fourth-order valence-corrected chi connectivity index (χ4v) is 2.84. The Balaban J connectivity index is 0.00000208. The Morgan fingerprint density at radius 3 is 2.75 bits per heavy atom. The fourth-order valence-electron chi connectivity index (χ4n) is 2.84. The number of hydrogen-bond donors (Lipinski definition) is 2. The van der Waals surface area contributed by atoms with E-state index in [1.54, 1.807) is 13.3 Å². The van der Waals surface area contributed by atoms with Gasteiger partial charge in [-0.1, -0.05) is 17.7 Å². The highest BCUT2D eigenvalue weighted by Gasteiger charge is 2.23. The third-order valence-corrected chi connectivity index (χ3v) is 4.16. The van der Waals surface area contributed by atoms with E-state index < -0.39 is 0 Å². The molecule has 24 heavy (non-hydrogen) atoms. The van der Waals surface area contributed by atoms with E-state index in [2.05, 4.69) is 51.7 Å². The predicted octanol–water partition coefficient (Wildman–Crippen LogP) is 3.15. The van der Waals surface area contributed by atoms with Gasteiger partial charge in [0.1, 0.15) is 5.76 Å². The Morgan fingerprint density at radius 2 is 2.08 bits per heavy atom. The van der Waals surface area contributed by atoms with E-state index in [0.29, 0.717) is 12.6 Å². The van der Waals surface area contributed by atoms with Gasteiger partial charge in [0, 0.05) is 31.9 Å². The lowest BCUT2D eigenvalue weighted by atomic mass is 10.2. The maximum Gasteiger partial charge on any atom is 0.191 e. The standard InChI is InChI=1S/C18H24N4O.HI/c1-14-5-7-16(8-6-14)22-10-9-15(13-22)21-18(19-2)20-12-17-4-3-11-23-17;/h3-8,11,15H,9-10,12-13H2,1-2H3,(H2,19,20,21);1H. The zero-order chi connectivity index (χ0) is 16.1. The average Bonchev–Trinajstić information content (AvgIpc) is 3.24. The van der Waals surface area contributed by atoms with Crippen LogP contribution in [0.2, 0.25) is 0 Å². The van der Waals surface area contributed by atoms with Crippen LogP contribution in [0, 0.1) is 6.92 Å². The van der Waals surface area contributed by atoms with Gasteiger partial charge in [-0.25, -0.2) is 0 Å². The molecule has 1 aliphatic heterocycles. The quantitative estimate of drug-likeness (QED) is 0.436. The first-order valence-corrected chi connectivity index (χ1v) is 8.06. The van der Waals surface area contributed by atoms with Gasteiger partial charge >= 0.3 is 0 Å². The molecule has 1 aliphatic rings. The molecule has 1 aromatic carbocycles. The topological polar surface area (TPSA) is 52.8 Å². The number of aryl methyl sites for hydroxylation is 1. The Morgan fingerprint density at radius 1 is 1.29 bits per heavy atom. The molecular formula is C18H25IN4O. The molecule has 3 rings (SSSR count). The lowest BCUT2D eigenvalue weighted by Gasteiger charge is -2.20. The van der Waals surface area contributed by atoms with Crippen LogP contribution in [-0.4, -0.2) is 32.1 Å². The van der Waals surface area contributed by atoms with Gasteiger partial charge in [-0.15, -0.1) is 24.0 Å². The zero-order valence-corrected chi connectivity index (χ0v) is 16.5. The van der Waals surface area contributed by atoms with Crippen molar-refractivity contribution in [3.63, 3.8) is 0 Å². The molecule has 1 saturated heterocycles. The highest BCUT2D eigenvalue weighted by Crippen LogP contribution is 2.20. The summed E-state index contributed by atoms with van der Waals surface area (Å²) in [4.78, 5) is 6.71. The van der Waals surface area contributed by atoms with Crippen molar-refractivity contribution in [1.82, 2.24) is 10.6 Å². The molecule has 5 nitrogen and oxygen atoms in total. The van der Waals surface area contributed by atoms with Crippen molar-refractivity contribution in [2.24, 2.45) is 4.99 Å². The molecule has 1 aromatic heterocycles. The van der Waals surface area contributed by atoms with Crippen molar-refractivity contribution in [3.05, 3.63) is 54.0 Å². The number of rotatable bonds is 4. The van der Waals surface area contributed by atoms with Gasteiger partial charge in [-0.05, 0) is 37.6 Å². The van der Waals surface area contributed by atoms with Crippen molar-refractivity contribution in [3.8, 4) is 0 Å². The van der Waals surface area contributed by atoms with Gasteiger partial charge in [0.25, 0.3) is 0 Å². The number of halogens is 1. The zero-order valence-electron chi connectivity index (χ0n) is 14.2. The Labute approximate surface area is 160 Å². The molecule has 0 amide bonds. The van der Waals surface area contributed by atoms with Crippen molar-refractivity contribution in [2.45, 2.75) is 25.9 Å². The molecule has 2 N–H and O–H groups in total. The van der Waals surface area contributed by atoms with Gasteiger partial charge in [-0.2, -0.15) is 0 Å². The summed E-state index contributed by atoms with van der Waals surface area (Å²) in [5.41, 5.74) is 2.59. The summed E-state index contributed by atoms with van der Waals surface area (Å²) in [5, 5.41) is 6.78. The van der Waals surface area contributed by atoms with Crippen LogP contribution in [0.4, 0.5) is 5.69 Å². The first kappa shape index (κ1) is 18.6. The first-order chi connectivity index (χ1) is 11.2. The normalized spacial score (nSPS) is 17.5. The summed E-state index contributed by atoms with van der Waals surface area (Å²) < 4.78 is 5.33. The maximum atomic E-state index is 5.33. The van der Waals surface area contributed by atoms with Crippen molar-refractivity contribution in [2.75, 3.05) is 25.0 Å². The first-order valence-electron chi connectivity index (χ1n) is 8.06. The molecule has 0 aliphatic carbocycles. The van der Waals surface area contributed by atoms with Crippen LogP contribution in [0.1, 0.15) is 17.7 Å². The lowest BCUT2D eigenvalue weighted by Crippen LogP contribution is -2.44. The monoisotopic (exact) mass is 440 g/mol. The highest BCUT2D eigenvalue weighted by molar-refractivity contribution is 14.0. The van der Waals surface area contributed by atoms with E-state index in [9.17, 15) is 0 Å². The molecule has 1 atom stereocenters. The molecule has 1 fully saturated rings. The molecule has 0 bridgehead atoms. The van der Waals surface area contributed by atoms with Crippen LogP contribution in [-0.2, 0) is 6.54 Å². The number of nitrogens with zero attached hydrogens (tertiary/aromatic N) is 2. The van der Waals surface area contributed by atoms with Crippen LogP contribution in [0.3, 0.4) is 0 Å². The van der Waals surface area contributed by atoms with Gasteiger partial charge in [0.2, 0.25) is 0 Å². The number of furan rings is 1. The second kappa shape index (κ2) is 8.96.